The molecule has 0 bridgehead atoms. The van der Waals surface area contributed by atoms with E-state index in [0.29, 0.717) is 11.8 Å². The van der Waals surface area contributed by atoms with Crippen molar-refractivity contribution in [3.05, 3.63) is 59.7 Å². The van der Waals surface area contributed by atoms with Crippen LogP contribution in [0, 0.1) is 0 Å². The molecular weight excluding hydrogens is 256 g/mol. The van der Waals surface area contributed by atoms with Crippen LogP contribution >= 0.6 is 0 Å². The maximum atomic E-state index is 4.30. The zero-order chi connectivity index (χ0) is 15.2. The van der Waals surface area contributed by atoms with E-state index in [2.05, 4.69) is 68.0 Å². The number of hydrogen-bond donors (Lipinski definition) is 0. The van der Waals surface area contributed by atoms with Gasteiger partial charge in [0.05, 0.1) is 11.4 Å². The summed E-state index contributed by atoms with van der Waals surface area (Å²) < 4.78 is 0. The van der Waals surface area contributed by atoms with Crippen LogP contribution in [0.25, 0.3) is 0 Å². The van der Waals surface area contributed by atoms with Crippen LogP contribution in [0.4, 0.5) is 11.4 Å². The summed E-state index contributed by atoms with van der Waals surface area (Å²) in [4.78, 5) is 8.60. The highest BCUT2D eigenvalue weighted by molar-refractivity contribution is 5.58. The quantitative estimate of drug-likeness (QED) is 0.606. The van der Waals surface area contributed by atoms with Crippen LogP contribution in [0.5, 0.6) is 0 Å². The molecule has 2 aromatic carbocycles. The summed E-state index contributed by atoms with van der Waals surface area (Å²) in [6.07, 6.45) is 0. The van der Waals surface area contributed by atoms with Gasteiger partial charge in [0.2, 0.25) is 0 Å². The van der Waals surface area contributed by atoms with Gasteiger partial charge in [-0.25, -0.2) is 0 Å². The van der Waals surface area contributed by atoms with Crippen molar-refractivity contribution in [3.63, 3.8) is 0 Å². The van der Waals surface area contributed by atoms with Crippen LogP contribution in [0.1, 0.15) is 50.7 Å². The van der Waals surface area contributed by atoms with E-state index >= 15 is 0 Å². The monoisotopic (exact) mass is 278 g/mol. The van der Waals surface area contributed by atoms with Crippen molar-refractivity contribution >= 4 is 17.4 Å². The van der Waals surface area contributed by atoms with Crippen molar-refractivity contribution in [2.75, 3.05) is 0 Å². The summed E-state index contributed by atoms with van der Waals surface area (Å²) in [5, 5.41) is 0. The normalized spacial score (nSPS) is 10.6. The lowest BCUT2D eigenvalue weighted by Gasteiger charge is -2.04. The summed E-state index contributed by atoms with van der Waals surface area (Å²) >= 11 is 0. The highest BCUT2D eigenvalue weighted by Crippen LogP contribution is 2.21. The first-order valence-corrected chi connectivity index (χ1v) is 7.42. The van der Waals surface area contributed by atoms with E-state index in [1.165, 1.54) is 11.1 Å². The number of rotatable bonds is 4. The molecule has 0 unspecified atom stereocenters. The maximum absolute atomic E-state index is 4.30. The lowest BCUT2D eigenvalue weighted by atomic mass is 10.0. The van der Waals surface area contributed by atoms with Crippen molar-refractivity contribution < 1.29 is 0 Å². The summed E-state index contributed by atoms with van der Waals surface area (Å²) in [5.41, 5.74) is 4.34. The van der Waals surface area contributed by atoms with E-state index in [1.807, 2.05) is 24.3 Å². The van der Waals surface area contributed by atoms with Crippen LogP contribution in [0.15, 0.2) is 58.5 Å². The molecule has 0 spiro atoms. The fraction of sp³-hybridized carbons (Fsp3) is 0.316. The molecule has 0 radical (unpaired) electrons. The van der Waals surface area contributed by atoms with Crippen molar-refractivity contribution in [2.24, 2.45) is 9.98 Å². The van der Waals surface area contributed by atoms with Gasteiger partial charge in [0.25, 0.3) is 0 Å². The Hall–Kier alpha value is -2.18. The molecule has 2 rings (SSSR count). The Labute approximate surface area is 127 Å². The van der Waals surface area contributed by atoms with Crippen LogP contribution < -0.4 is 0 Å². The predicted molar refractivity (Wildman–Crippen MR) is 90.2 cm³/mol. The van der Waals surface area contributed by atoms with Gasteiger partial charge in [0.1, 0.15) is 6.01 Å². The number of nitrogens with zero attached hydrogens (tertiary/aromatic N) is 2. The molecule has 108 valence electrons. The second-order valence-corrected chi connectivity index (χ2v) is 5.82. The number of benzene rings is 2. The third kappa shape index (κ3) is 4.40. The molecule has 2 aromatic rings. The molecule has 0 N–H and O–H groups in total. The van der Waals surface area contributed by atoms with Gasteiger partial charge in [-0.05, 0) is 47.2 Å². The minimum atomic E-state index is 0.500. The summed E-state index contributed by atoms with van der Waals surface area (Å²) in [7, 11) is 0. The number of hydrogen-bond acceptors (Lipinski definition) is 2. The standard InChI is InChI=1S/C19H22N2/c1-14(2)16-7-5-9-18(11-16)20-13-21-19-10-6-8-17(12-19)15(3)4/h5-12,14-15H,1-4H3. The zero-order valence-electron chi connectivity index (χ0n) is 13.2. The first-order valence-electron chi connectivity index (χ1n) is 7.42. The van der Waals surface area contributed by atoms with Gasteiger partial charge in [-0.1, -0.05) is 52.0 Å². The predicted octanol–water partition coefficient (Wildman–Crippen LogP) is 6.07. The lowest BCUT2D eigenvalue weighted by molar-refractivity contribution is 0.867. The van der Waals surface area contributed by atoms with Crippen LogP contribution in [-0.2, 0) is 0 Å². The summed E-state index contributed by atoms with van der Waals surface area (Å²) in [6.45, 7) is 8.70. The van der Waals surface area contributed by atoms with Gasteiger partial charge >= 0.3 is 0 Å². The van der Waals surface area contributed by atoms with Gasteiger partial charge in [-0.15, -0.1) is 0 Å². The van der Waals surface area contributed by atoms with E-state index in [9.17, 15) is 0 Å². The van der Waals surface area contributed by atoms with Gasteiger partial charge < -0.3 is 0 Å². The highest BCUT2D eigenvalue weighted by atomic mass is 14.8. The molecular formula is C19H22N2. The molecule has 2 heteroatoms. The average Bonchev–Trinajstić information content (AvgIpc) is 2.48. The van der Waals surface area contributed by atoms with Gasteiger partial charge in [0.15, 0.2) is 0 Å². The molecule has 21 heavy (non-hydrogen) atoms. The van der Waals surface area contributed by atoms with Crippen molar-refractivity contribution in [1.29, 1.82) is 0 Å². The van der Waals surface area contributed by atoms with Crippen LogP contribution in [0.3, 0.4) is 0 Å². The average molecular weight is 278 g/mol. The first-order chi connectivity index (χ1) is 10.1. The highest BCUT2D eigenvalue weighted by Gasteiger charge is 1.99. The molecule has 0 heterocycles. The van der Waals surface area contributed by atoms with E-state index in [1.54, 1.807) is 0 Å². The minimum absolute atomic E-state index is 0.500. The summed E-state index contributed by atoms with van der Waals surface area (Å²) in [5.74, 6) is 1.000. The third-order valence-electron chi connectivity index (χ3n) is 3.43. The fourth-order valence-corrected chi connectivity index (χ4v) is 2.05. The topological polar surface area (TPSA) is 24.7 Å². The largest absolute Gasteiger partial charge is 0.188 e. The van der Waals surface area contributed by atoms with E-state index in [-0.39, 0.29) is 0 Å². The van der Waals surface area contributed by atoms with Gasteiger partial charge in [-0.2, -0.15) is 9.98 Å². The lowest BCUT2D eigenvalue weighted by Crippen LogP contribution is -1.85. The molecule has 0 aliphatic rings. The van der Waals surface area contributed by atoms with Gasteiger partial charge in [-0.3, -0.25) is 0 Å². The second kappa shape index (κ2) is 7.01. The molecule has 2 nitrogen and oxygen atoms in total. The number of aliphatic imine (C=N–C) groups is 2. The molecule has 0 atom stereocenters. The molecule has 0 amide bonds. The minimum Gasteiger partial charge on any atom is -0.188 e. The Morgan fingerprint density at radius 2 is 1.14 bits per heavy atom. The molecule has 0 aromatic heterocycles. The van der Waals surface area contributed by atoms with Crippen LogP contribution in [-0.4, -0.2) is 6.01 Å². The summed E-state index contributed by atoms with van der Waals surface area (Å²) in [6, 6.07) is 19.2. The Morgan fingerprint density at radius 1 is 0.714 bits per heavy atom. The molecule has 0 saturated carbocycles. The Morgan fingerprint density at radius 3 is 1.52 bits per heavy atom. The Kier molecular flexibility index (Phi) is 5.08. The van der Waals surface area contributed by atoms with E-state index in [0.717, 1.165) is 11.4 Å². The van der Waals surface area contributed by atoms with Crippen molar-refractivity contribution in [2.45, 2.75) is 39.5 Å². The molecule has 0 aliphatic heterocycles. The fourth-order valence-electron chi connectivity index (χ4n) is 2.05. The smallest absolute Gasteiger partial charge is 0.100 e. The SMILES string of the molecule is CC(C)c1cccc(N=C=Nc2cccc(C(C)C)c2)c1. The Bertz CT molecular complexity index is 607. The van der Waals surface area contributed by atoms with Crippen LogP contribution in [0.2, 0.25) is 0 Å². The second-order valence-electron chi connectivity index (χ2n) is 5.82. The third-order valence-corrected chi connectivity index (χ3v) is 3.43. The van der Waals surface area contributed by atoms with Crippen molar-refractivity contribution in [3.8, 4) is 0 Å². The molecule has 0 aliphatic carbocycles. The van der Waals surface area contributed by atoms with E-state index in [4.69, 9.17) is 0 Å². The first kappa shape index (κ1) is 15.2. The van der Waals surface area contributed by atoms with E-state index < -0.39 is 0 Å². The molecule has 0 fully saturated rings. The Balaban J connectivity index is 2.20. The zero-order valence-corrected chi connectivity index (χ0v) is 13.2. The van der Waals surface area contributed by atoms with Crippen molar-refractivity contribution in [1.82, 2.24) is 0 Å². The molecule has 0 saturated heterocycles. The maximum Gasteiger partial charge on any atom is 0.100 e. The van der Waals surface area contributed by atoms with Gasteiger partial charge in [0, 0.05) is 0 Å².